The standard InChI is InChI=1S/C16H15BrO4/c1-19-12-7-8-13(15(9-12)20-2)16(18)21-10-11-5-3-4-6-14(11)17/h3-9H,10H2,1-2H3. The smallest absolute Gasteiger partial charge is 0.342 e. The molecule has 0 aliphatic carbocycles. The lowest BCUT2D eigenvalue weighted by Crippen LogP contribution is -2.07. The summed E-state index contributed by atoms with van der Waals surface area (Å²) < 4.78 is 16.5. The minimum Gasteiger partial charge on any atom is -0.497 e. The zero-order valence-electron chi connectivity index (χ0n) is 11.8. The summed E-state index contributed by atoms with van der Waals surface area (Å²) in [6.07, 6.45) is 0. The van der Waals surface area contributed by atoms with E-state index in [0.717, 1.165) is 10.0 Å². The highest BCUT2D eigenvalue weighted by Crippen LogP contribution is 2.26. The third-order valence-corrected chi connectivity index (χ3v) is 3.72. The molecule has 0 N–H and O–H groups in total. The van der Waals surface area contributed by atoms with Gasteiger partial charge in [0.15, 0.2) is 0 Å². The van der Waals surface area contributed by atoms with Gasteiger partial charge >= 0.3 is 5.97 Å². The Bertz CT molecular complexity index is 640. The predicted molar refractivity (Wildman–Crippen MR) is 82.8 cm³/mol. The van der Waals surface area contributed by atoms with E-state index in [1.807, 2.05) is 24.3 Å². The third kappa shape index (κ3) is 3.76. The number of halogens is 1. The first-order chi connectivity index (χ1) is 10.2. The van der Waals surface area contributed by atoms with Crippen LogP contribution in [0, 0.1) is 0 Å². The van der Waals surface area contributed by atoms with E-state index in [2.05, 4.69) is 15.9 Å². The average molecular weight is 351 g/mol. The van der Waals surface area contributed by atoms with E-state index in [9.17, 15) is 4.79 Å². The van der Waals surface area contributed by atoms with Gasteiger partial charge in [-0.2, -0.15) is 0 Å². The van der Waals surface area contributed by atoms with Gasteiger partial charge in [0.05, 0.1) is 14.2 Å². The molecule has 110 valence electrons. The normalized spacial score (nSPS) is 10.0. The van der Waals surface area contributed by atoms with Crippen LogP contribution in [0.4, 0.5) is 0 Å². The molecule has 2 rings (SSSR count). The Labute approximate surface area is 131 Å². The molecule has 0 fully saturated rings. The Morgan fingerprint density at radius 1 is 1.10 bits per heavy atom. The topological polar surface area (TPSA) is 44.8 Å². The molecule has 4 nitrogen and oxygen atoms in total. The molecule has 0 radical (unpaired) electrons. The number of hydrogen-bond acceptors (Lipinski definition) is 4. The summed E-state index contributed by atoms with van der Waals surface area (Å²) in [5, 5.41) is 0. The van der Waals surface area contributed by atoms with Gasteiger partial charge < -0.3 is 14.2 Å². The monoisotopic (exact) mass is 350 g/mol. The molecule has 0 aliphatic heterocycles. The summed E-state index contributed by atoms with van der Waals surface area (Å²) in [6.45, 7) is 0.190. The molecule has 0 heterocycles. The predicted octanol–water partition coefficient (Wildman–Crippen LogP) is 3.82. The molecule has 0 bridgehead atoms. The molecule has 0 saturated heterocycles. The third-order valence-electron chi connectivity index (χ3n) is 2.95. The van der Waals surface area contributed by atoms with Crippen molar-refractivity contribution in [3.63, 3.8) is 0 Å². The number of esters is 1. The molecule has 5 heteroatoms. The van der Waals surface area contributed by atoms with Crippen LogP contribution in [0.25, 0.3) is 0 Å². The van der Waals surface area contributed by atoms with E-state index >= 15 is 0 Å². The highest BCUT2D eigenvalue weighted by molar-refractivity contribution is 9.10. The largest absolute Gasteiger partial charge is 0.497 e. The van der Waals surface area contributed by atoms with E-state index in [4.69, 9.17) is 14.2 Å². The van der Waals surface area contributed by atoms with Gasteiger partial charge in [-0.15, -0.1) is 0 Å². The zero-order chi connectivity index (χ0) is 15.2. The van der Waals surface area contributed by atoms with E-state index in [0.29, 0.717) is 17.1 Å². The van der Waals surface area contributed by atoms with E-state index in [-0.39, 0.29) is 6.61 Å². The minimum atomic E-state index is -0.440. The average Bonchev–Trinajstić information content (AvgIpc) is 2.53. The zero-order valence-corrected chi connectivity index (χ0v) is 13.3. The van der Waals surface area contributed by atoms with Gasteiger partial charge in [0.1, 0.15) is 23.7 Å². The summed E-state index contributed by atoms with van der Waals surface area (Å²) in [7, 11) is 3.05. The second-order valence-electron chi connectivity index (χ2n) is 4.23. The van der Waals surface area contributed by atoms with Crippen LogP contribution in [0.2, 0.25) is 0 Å². The van der Waals surface area contributed by atoms with Gasteiger partial charge in [-0.05, 0) is 18.2 Å². The van der Waals surface area contributed by atoms with Crippen LogP contribution in [0.15, 0.2) is 46.9 Å². The lowest BCUT2D eigenvalue weighted by Gasteiger charge is -2.11. The molecule has 0 unspecified atom stereocenters. The summed E-state index contributed by atoms with van der Waals surface area (Å²) in [5.74, 6) is 0.603. The van der Waals surface area contributed by atoms with E-state index in [1.165, 1.54) is 7.11 Å². The molecule has 21 heavy (non-hydrogen) atoms. The SMILES string of the molecule is COc1ccc(C(=O)OCc2ccccc2Br)c(OC)c1. The number of methoxy groups -OCH3 is 2. The van der Waals surface area contributed by atoms with Gasteiger partial charge in [0.25, 0.3) is 0 Å². The van der Waals surface area contributed by atoms with Crippen molar-refractivity contribution in [3.05, 3.63) is 58.1 Å². The van der Waals surface area contributed by atoms with Crippen LogP contribution in [-0.4, -0.2) is 20.2 Å². The first-order valence-corrected chi connectivity index (χ1v) is 7.07. The van der Waals surface area contributed by atoms with Gasteiger partial charge in [0, 0.05) is 16.1 Å². The number of rotatable bonds is 5. The van der Waals surface area contributed by atoms with Crippen LogP contribution in [0.1, 0.15) is 15.9 Å². The fourth-order valence-corrected chi connectivity index (χ4v) is 2.20. The molecule has 0 aromatic heterocycles. The van der Waals surface area contributed by atoms with Crippen molar-refractivity contribution < 1.29 is 19.0 Å². The molecule has 0 amide bonds. The number of carbonyl (C=O) groups is 1. The van der Waals surface area contributed by atoms with Crippen molar-refractivity contribution in [1.82, 2.24) is 0 Å². The molecule has 0 spiro atoms. The molecule has 2 aromatic rings. The van der Waals surface area contributed by atoms with Crippen LogP contribution < -0.4 is 9.47 Å². The Kier molecular flexibility index (Phi) is 5.22. The van der Waals surface area contributed by atoms with Crippen LogP contribution in [0.5, 0.6) is 11.5 Å². The van der Waals surface area contributed by atoms with Gasteiger partial charge in [0.2, 0.25) is 0 Å². The van der Waals surface area contributed by atoms with Crippen molar-refractivity contribution in [2.45, 2.75) is 6.61 Å². The summed E-state index contributed by atoms with van der Waals surface area (Å²) in [5.41, 5.74) is 1.27. The van der Waals surface area contributed by atoms with E-state index < -0.39 is 5.97 Å². The lowest BCUT2D eigenvalue weighted by atomic mass is 10.2. The quantitative estimate of drug-likeness (QED) is 0.769. The summed E-state index contributed by atoms with van der Waals surface area (Å²) in [6, 6.07) is 12.6. The highest BCUT2D eigenvalue weighted by Gasteiger charge is 2.15. The van der Waals surface area contributed by atoms with E-state index in [1.54, 1.807) is 25.3 Å². The maximum absolute atomic E-state index is 12.2. The summed E-state index contributed by atoms with van der Waals surface area (Å²) >= 11 is 3.42. The van der Waals surface area contributed by atoms with Gasteiger partial charge in [-0.3, -0.25) is 0 Å². The Hall–Kier alpha value is -2.01. The van der Waals surface area contributed by atoms with Crippen molar-refractivity contribution in [3.8, 4) is 11.5 Å². The minimum absolute atomic E-state index is 0.190. The maximum Gasteiger partial charge on any atom is 0.342 e. The molecular weight excluding hydrogens is 336 g/mol. The molecule has 2 aromatic carbocycles. The Morgan fingerprint density at radius 2 is 1.86 bits per heavy atom. The Morgan fingerprint density at radius 3 is 2.52 bits per heavy atom. The molecular formula is C16H15BrO4. The van der Waals surface area contributed by atoms with Gasteiger partial charge in [-0.25, -0.2) is 4.79 Å². The lowest BCUT2D eigenvalue weighted by molar-refractivity contribution is 0.0468. The molecule has 0 aliphatic rings. The van der Waals surface area contributed by atoms with Crippen molar-refractivity contribution in [2.75, 3.05) is 14.2 Å². The van der Waals surface area contributed by atoms with Gasteiger partial charge in [-0.1, -0.05) is 34.1 Å². The number of hydrogen-bond donors (Lipinski definition) is 0. The number of carbonyl (C=O) groups excluding carboxylic acids is 1. The fraction of sp³-hybridized carbons (Fsp3) is 0.188. The van der Waals surface area contributed by atoms with Crippen LogP contribution in [0.3, 0.4) is 0 Å². The number of ether oxygens (including phenoxy) is 3. The molecule has 0 atom stereocenters. The summed E-state index contributed by atoms with van der Waals surface area (Å²) in [4.78, 5) is 12.2. The van der Waals surface area contributed by atoms with Crippen molar-refractivity contribution >= 4 is 21.9 Å². The fourth-order valence-electron chi connectivity index (χ4n) is 1.80. The number of benzene rings is 2. The first kappa shape index (κ1) is 15.4. The first-order valence-electron chi connectivity index (χ1n) is 6.28. The van der Waals surface area contributed by atoms with Crippen LogP contribution >= 0.6 is 15.9 Å². The van der Waals surface area contributed by atoms with Crippen molar-refractivity contribution in [2.24, 2.45) is 0 Å². The second-order valence-corrected chi connectivity index (χ2v) is 5.09. The maximum atomic E-state index is 12.2. The molecule has 0 saturated carbocycles. The second kappa shape index (κ2) is 7.13. The highest BCUT2D eigenvalue weighted by atomic mass is 79.9. The van der Waals surface area contributed by atoms with Crippen molar-refractivity contribution in [1.29, 1.82) is 0 Å². The Balaban J connectivity index is 2.12. The van der Waals surface area contributed by atoms with Crippen LogP contribution in [-0.2, 0) is 11.3 Å².